The van der Waals surface area contributed by atoms with Gasteiger partial charge in [-0.25, -0.2) is 18.1 Å². The first kappa shape index (κ1) is 20.4. The van der Waals surface area contributed by atoms with Gasteiger partial charge in [-0.3, -0.25) is 14.0 Å². The van der Waals surface area contributed by atoms with E-state index in [1.165, 1.54) is 16.5 Å². The van der Waals surface area contributed by atoms with Crippen molar-refractivity contribution < 1.29 is 17.9 Å². The number of sulfonamides is 1. The molecule has 0 aliphatic heterocycles. The highest BCUT2D eigenvalue weighted by Gasteiger charge is 2.11. The third kappa shape index (κ3) is 5.84. The number of carbonyl (C=O) groups is 1. The molecule has 0 saturated heterocycles. The molecule has 1 N–H and O–H groups in total. The van der Waals surface area contributed by atoms with Crippen molar-refractivity contribution in [3.05, 3.63) is 87.3 Å². The number of aryl methyl sites for hydroxylation is 1. The minimum absolute atomic E-state index is 0.236. The van der Waals surface area contributed by atoms with Gasteiger partial charge in [0.25, 0.3) is 5.56 Å². The van der Waals surface area contributed by atoms with Crippen molar-refractivity contribution in [3.8, 4) is 0 Å². The smallest absolute Gasteiger partial charge is 0.321 e. The van der Waals surface area contributed by atoms with Crippen LogP contribution in [0.15, 0.2) is 64.9 Å². The highest BCUT2D eigenvalue weighted by atomic mass is 32.2. The molecule has 1 aromatic carbocycles. The van der Waals surface area contributed by atoms with Gasteiger partial charge in [0.05, 0.1) is 5.69 Å². The van der Waals surface area contributed by atoms with Crippen molar-refractivity contribution in [2.45, 2.75) is 13.5 Å². The van der Waals surface area contributed by atoms with Crippen LogP contribution in [0.5, 0.6) is 0 Å². The van der Waals surface area contributed by atoms with Crippen molar-refractivity contribution in [2.75, 3.05) is 6.54 Å². The van der Waals surface area contributed by atoms with Gasteiger partial charge in [0.1, 0.15) is 18.8 Å². The van der Waals surface area contributed by atoms with Gasteiger partial charge in [-0.1, -0.05) is 36.4 Å². The second-order valence-corrected chi connectivity index (χ2v) is 7.91. The van der Waals surface area contributed by atoms with Crippen molar-refractivity contribution in [1.29, 1.82) is 0 Å². The minimum Gasteiger partial charge on any atom is -0.458 e. The van der Waals surface area contributed by atoms with E-state index < -0.39 is 22.5 Å². The van der Waals surface area contributed by atoms with Crippen LogP contribution in [0.3, 0.4) is 0 Å². The Labute approximate surface area is 167 Å². The SMILES string of the molecule is Cc1ccc2nc(COC(=O)CNS(=O)(=O)/C=C/c3ccccc3)cc(=O)n2c1. The number of fused-ring (bicyclic) bond motifs is 1. The fourth-order valence-electron chi connectivity index (χ4n) is 2.48. The van der Waals surface area contributed by atoms with E-state index in [9.17, 15) is 18.0 Å². The molecule has 0 bridgehead atoms. The van der Waals surface area contributed by atoms with Crippen LogP contribution in [0.1, 0.15) is 16.8 Å². The minimum atomic E-state index is -3.80. The Bertz CT molecular complexity index is 1220. The summed E-state index contributed by atoms with van der Waals surface area (Å²) in [6.45, 7) is 1.09. The molecular formula is C20H19N3O5S. The Hall–Kier alpha value is -3.30. The molecule has 0 radical (unpaired) electrons. The zero-order chi connectivity index (χ0) is 20.9. The fraction of sp³-hybridized carbons (Fsp3) is 0.150. The molecule has 0 spiro atoms. The van der Waals surface area contributed by atoms with E-state index in [1.807, 2.05) is 19.1 Å². The standard InChI is InChI=1S/C20H19N3O5S/c1-15-7-8-18-22-17(11-19(24)23(18)13-15)14-28-20(25)12-21-29(26,27)10-9-16-5-3-2-4-6-16/h2-11,13,21H,12,14H2,1H3/b10-9+. The second kappa shape index (κ2) is 8.80. The number of nitrogens with zero attached hydrogens (tertiary/aromatic N) is 2. The van der Waals surface area contributed by atoms with Gasteiger partial charge in [0, 0.05) is 17.7 Å². The van der Waals surface area contributed by atoms with E-state index in [2.05, 4.69) is 9.71 Å². The molecule has 3 rings (SSSR count). The number of pyridine rings is 1. The van der Waals surface area contributed by atoms with Crippen LogP contribution in [0.2, 0.25) is 0 Å². The number of rotatable bonds is 7. The molecule has 0 unspecified atom stereocenters. The van der Waals surface area contributed by atoms with E-state index in [-0.39, 0.29) is 17.9 Å². The lowest BCUT2D eigenvalue weighted by Crippen LogP contribution is -2.29. The van der Waals surface area contributed by atoms with Crippen molar-refractivity contribution in [3.63, 3.8) is 0 Å². The van der Waals surface area contributed by atoms with Crippen LogP contribution >= 0.6 is 0 Å². The van der Waals surface area contributed by atoms with Gasteiger partial charge in [0.2, 0.25) is 10.0 Å². The predicted molar refractivity (Wildman–Crippen MR) is 108 cm³/mol. The fourth-order valence-corrected chi connectivity index (χ4v) is 3.23. The molecule has 2 aromatic heterocycles. The topological polar surface area (TPSA) is 107 Å². The van der Waals surface area contributed by atoms with Gasteiger partial charge < -0.3 is 4.74 Å². The summed E-state index contributed by atoms with van der Waals surface area (Å²) in [6.07, 6.45) is 3.08. The Morgan fingerprint density at radius 3 is 2.72 bits per heavy atom. The first-order valence-electron chi connectivity index (χ1n) is 8.70. The summed E-state index contributed by atoms with van der Waals surface area (Å²) in [7, 11) is -3.80. The Kier molecular flexibility index (Phi) is 6.20. The van der Waals surface area contributed by atoms with E-state index in [1.54, 1.807) is 36.5 Å². The lowest BCUT2D eigenvalue weighted by Gasteiger charge is -2.07. The maximum absolute atomic E-state index is 12.1. The van der Waals surface area contributed by atoms with Crippen molar-refractivity contribution in [1.82, 2.24) is 14.1 Å². The second-order valence-electron chi connectivity index (χ2n) is 6.26. The lowest BCUT2D eigenvalue weighted by atomic mass is 10.2. The van der Waals surface area contributed by atoms with Crippen LogP contribution in [-0.4, -0.2) is 30.3 Å². The summed E-state index contributed by atoms with van der Waals surface area (Å²) in [4.78, 5) is 28.2. The monoisotopic (exact) mass is 413 g/mol. The summed E-state index contributed by atoms with van der Waals surface area (Å²) >= 11 is 0. The molecule has 9 heteroatoms. The van der Waals surface area contributed by atoms with Crippen LogP contribution in [0.25, 0.3) is 11.7 Å². The molecular weight excluding hydrogens is 394 g/mol. The Morgan fingerprint density at radius 1 is 1.21 bits per heavy atom. The summed E-state index contributed by atoms with van der Waals surface area (Å²) in [5, 5.41) is 0.976. The van der Waals surface area contributed by atoms with E-state index in [0.717, 1.165) is 11.0 Å². The molecule has 8 nitrogen and oxygen atoms in total. The number of benzene rings is 1. The summed E-state index contributed by atoms with van der Waals surface area (Å²) in [6, 6.07) is 13.7. The van der Waals surface area contributed by atoms with E-state index in [0.29, 0.717) is 11.2 Å². The molecule has 0 aliphatic rings. The number of hydrogen-bond donors (Lipinski definition) is 1. The van der Waals surface area contributed by atoms with Gasteiger partial charge >= 0.3 is 5.97 Å². The van der Waals surface area contributed by atoms with E-state index in [4.69, 9.17) is 4.74 Å². The average molecular weight is 413 g/mol. The number of hydrogen-bond acceptors (Lipinski definition) is 6. The van der Waals surface area contributed by atoms with E-state index >= 15 is 0 Å². The number of esters is 1. The summed E-state index contributed by atoms with van der Waals surface area (Å²) in [5.41, 5.74) is 2.04. The van der Waals surface area contributed by atoms with Gasteiger partial charge in [-0.2, -0.15) is 0 Å². The predicted octanol–water partition coefficient (Wildman–Crippen LogP) is 1.64. The average Bonchev–Trinajstić information content (AvgIpc) is 2.71. The molecule has 3 aromatic rings. The molecule has 0 amide bonds. The number of ether oxygens (including phenoxy) is 1. The van der Waals surface area contributed by atoms with Crippen molar-refractivity contribution >= 4 is 27.7 Å². The Balaban J connectivity index is 1.56. The maximum Gasteiger partial charge on any atom is 0.321 e. The molecule has 29 heavy (non-hydrogen) atoms. The number of nitrogens with one attached hydrogen (secondary N) is 1. The highest BCUT2D eigenvalue weighted by Crippen LogP contribution is 2.04. The first-order valence-corrected chi connectivity index (χ1v) is 10.2. The molecule has 0 fully saturated rings. The highest BCUT2D eigenvalue weighted by molar-refractivity contribution is 7.92. The first-order chi connectivity index (χ1) is 13.8. The largest absolute Gasteiger partial charge is 0.458 e. The van der Waals surface area contributed by atoms with Gasteiger partial charge in [0.15, 0.2) is 0 Å². The zero-order valence-electron chi connectivity index (χ0n) is 15.6. The van der Waals surface area contributed by atoms with Crippen LogP contribution in [-0.2, 0) is 26.2 Å². The molecule has 0 aliphatic carbocycles. The number of carbonyl (C=O) groups excluding carboxylic acids is 1. The van der Waals surface area contributed by atoms with Crippen molar-refractivity contribution in [2.24, 2.45) is 0 Å². The quantitative estimate of drug-likeness (QED) is 0.590. The van der Waals surface area contributed by atoms with Gasteiger partial charge in [-0.15, -0.1) is 0 Å². The Morgan fingerprint density at radius 2 is 1.97 bits per heavy atom. The lowest BCUT2D eigenvalue weighted by molar-refractivity contribution is -0.143. The zero-order valence-corrected chi connectivity index (χ0v) is 16.4. The van der Waals surface area contributed by atoms with Crippen LogP contribution in [0.4, 0.5) is 0 Å². The normalized spacial score (nSPS) is 11.8. The van der Waals surface area contributed by atoms with Gasteiger partial charge in [-0.05, 0) is 30.2 Å². The summed E-state index contributed by atoms with van der Waals surface area (Å²) in [5.74, 6) is -0.785. The third-order valence-electron chi connectivity index (χ3n) is 3.90. The maximum atomic E-state index is 12.1. The molecule has 2 heterocycles. The molecule has 0 saturated carbocycles. The number of aromatic nitrogens is 2. The van der Waals surface area contributed by atoms with Crippen LogP contribution < -0.4 is 10.3 Å². The third-order valence-corrected chi connectivity index (χ3v) is 4.94. The summed E-state index contributed by atoms with van der Waals surface area (Å²) < 4.78 is 32.4. The molecule has 150 valence electrons. The molecule has 0 atom stereocenters. The van der Waals surface area contributed by atoms with Crippen LogP contribution in [0, 0.1) is 6.92 Å².